The molecule has 0 aromatic carbocycles. The van der Waals surface area contributed by atoms with Crippen LogP contribution >= 0.6 is 0 Å². The molecule has 0 radical (unpaired) electrons. The number of hydrogen-bond donors (Lipinski definition) is 2. The first-order valence-electron chi connectivity index (χ1n) is 6.04. The lowest BCUT2D eigenvalue weighted by Crippen LogP contribution is -2.48. The fraction of sp³-hybridized carbons (Fsp3) is 0.583. The van der Waals surface area contributed by atoms with E-state index in [1.54, 1.807) is 6.07 Å². The fourth-order valence-electron chi connectivity index (χ4n) is 2.31. The van der Waals surface area contributed by atoms with Crippen molar-refractivity contribution < 1.29 is 14.6 Å². The van der Waals surface area contributed by atoms with E-state index in [9.17, 15) is 9.90 Å². The molecule has 1 fully saturated rings. The van der Waals surface area contributed by atoms with Crippen LogP contribution < -0.4 is 10.1 Å². The number of aromatic nitrogens is 2. The van der Waals surface area contributed by atoms with Gasteiger partial charge in [0.2, 0.25) is 5.88 Å². The molecule has 6 heteroatoms. The van der Waals surface area contributed by atoms with Gasteiger partial charge in [0.1, 0.15) is 17.7 Å². The van der Waals surface area contributed by atoms with Crippen molar-refractivity contribution in [2.75, 3.05) is 12.4 Å². The Kier molecular flexibility index (Phi) is 3.64. The highest BCUT2D eigenvalue weighted by Crippen LogP contribution is 2.31. The summed E-state index contributed by atoms with van der Waals surface area (Å²) in [5, 5.41) is 12.5. The molecule has 0 atom stereocenters. The topological polar surface area (TPSA) is 84.3 Å². The minimum absolute atomic E-state index is 0.420. The van der Waals surface area contributed by atoms with Crippen molar-refractivity contribution in [3.63, 3.8) is 0 Å². The average molecular weight is 251 g/mol. The number of carboxylic acids is 1. The maximum atomic E-state index is 11.5. The molecular weight excluding hydrogens is 234 g/mol. The molecule has 2 N–H and O–H groups in total. The van der Waals surface area contributed by atoms with Crippen LogP contribution in [0.25, 0.3) is 0 Å². The number of rotatable bonds is 4. The zero-order valence-electron chi connectivity index (χ0n) is 10.3. The zero-order chi connectivity index (χ0) is 13.0. The summed E-state index contributed by atoms with van der Waals surface area (Å²) >= 11 is 0. The van der Waals surface area contributed by atoms with Crippen LogP contribution in [-0.4, -0.2) is 33.7 Å². The molecule has 0 unspecified atom stereocenters. The van der Waals surface area contributed by atoms with Crippen molar-refractivity contribution in [3.05, 3.63) is 12.4 Å². The maximum absolute atomic E-state index is 11.5. The largest absolute Gasteiger partial charge is 0.481 e. The molecule has 0 spiro atoms. The van der Waals surface area contributed by atoms with Gasteiger partial charge in [-0.1, -0.05) is 19.3 Å². The summed E-state index contributed by atoms with van der Waals surface area (Å²) in [5.74, 6) is 0.0924. The highest BCUT2D eigenvalue weighted by molar-refractivity contribution is 5.82. The molecular formula is C12H17N3O3. The average Bonchev–Trinajstić information content (AvgIpc) is 2.40. The third kappa shape index (κ3) is 2.52. The molecule has 0 bridgehead atoms. The third-order valence-corrected chi connectivity index (χ3v) is 3.33. The van der Waals surface area contributed by atoms with Crippen molar-refractivity contribution in [3.8, 4) is 5.88 Å². The van der Waals surface area contributed by atoms with Gasteiger partial charge in [-0.2, -0.15) is 0 Å². The molecule has 0 aliphatic heterocycles. The zero-order valence-corrected chi connectivity index (χ0v) is 10.3. The number of nitrogens with zero attached hydrogens (tertiary/aromatic N) is 2. The van der Waals surface area contributed by atoms with Crippen molar-refractivity contribution in [1.29, 1.82) is 0 Å². The monoisotopic (exact) mass is 251 g/mol. The number of carbonyl (C=O) groups is 1. The Morgan fingerprint density at radius 1 is 1.39 bits per heavy atom. The van der Waals surface area contributed by atoms with E-state index in [0.29, 0.717) is 24.5 Å². The van der Waals surface area contributed by atoms with Gasteiger partial charge in [-0.05, 0) is 12.8 Å². The lowest BCUT2D eigenvalue weighted by molar-refractivity contribution is -0.143. The molecule has 1 saturated carbocycles. The highest BCUT2D eigenvalue weighted by atomic mass is 16.5. The number of ether oxygens (including phenoxy) is 1. The van der Waals surface area contributed by atoms with E-state index in [4.69, 9.17) is 4.74 Å². The Morgan fingerprint density at radius 2 is 2.11 bits per heavy atom. The summed E-state index contributed by atoms with van der Waals surface area (Å²) < 4.78 is 5.00. The van der Waals surface area contributed by atoms with Crippen LogP contribution in [0.4, 0.5) is 5.82 Å². The number of aliphatic carboxylic acids is 1. The van der Waals surface area contributed by atoms with Gasteiger partial charge in [0.15, 0.2) is 0 Å². The second-order valence-electron chi connectivity index (χ2n) is 4.52. The van der Waals surface area contributed by atoms with Crippen molar-refractivity contribution in [1.82, 2.24) is 9.97 Å². The van der Waals surface area contributed by atoms with Crippen LogP contribution in [0.3, 0.4) is 0 Å². The van der Waals surface area contributed by atoms with Crippen LogP contribution in [0.2, 0.25) is 0 Å². The Bertz CT molecular complexity index is 430. The molecule has 1 aliphatic carbocycles. The van der Waals surface area contributed by atoms with Gasteiger partial charge in [0.25, 0.3) is 0 Å². The van der Waals surface area contributed by atoms with Crippen LogP contribution in [-0.2, 0) is 4.79 Å². The molecule has 1 aromatic rings. The van der Waals surface area contributed by atoms with E-state index >= 15 is 0 Å². The van der Waals surface area contributed by atoms with Gasteiger partial charge in [-0.15, -0.1) is 0 Å². The number of anilines is 1. The normalized spacial score (nSPS) is 18.1. The van der Waals surface area contributed by atoms with E-state index in [-0.39, 0.29) is 0 Å². The van der Waals surface area contributed by atoms with Crippen LogP contribution in [0.1, 0.15) is 32.1 Å². The number of methoxy groups -OCH3 is 1. The third-order valence-electron chi connectivity index (χ3n) is 3.33. The SMILES string of the molecule is COc1cc(NC2(C(=O)O)CCCCC2)ncn1. The summed E-state index contributed by atoms with van der Waals surface area (Å²) in [6, 6.07) is 1.61. The molecule has 98 valence electrons. The quantitative estimate of drug-likeness (QED) is 0.847. The molecule has 0 saturated heterocycles. The van der Waals surface area contributed by atoms with Gasteiger partial charge in [0.05, 0.1) is 7.11 Å². The van der Waals surface area contributed by atoms with E-state index in [1.165, 1.54) is 13.4 Å². The predicted octanol–water partition coefficient (Wildman–Crippen LogP) is 1.68. The Hall–Kier alpha value is -1.85. The van der Waals surface area contributed by atoms with Gasteiger partial charge in [-0.25, -0.2) is 14.8 Å². The lowest BCUT2D eigenvalue weighted by atomic mass is 9.81. The first-order valence-corrected chi connectivity index (χ1v) is 6.04. The molecule has 18 heavy (non-hydrogen) atoms. The van der Waals surface area contributed by atoms with Gasteiger partial charge < -0.3 is 15.2 Å². The number of nitrogens with one attached hydrogen (secondary N) is 1. The first-order chi connectivity index (χ1) is 8.66. The maximum Gasteiger partial charge on any atom is 0.329 e. The second-order valence-corrected chi connectivity index (χ2v) is 4.52. The van der Waals surface area contributed by atoms with Crippen molar-refractivity contribution in [2.24, 2.45) is 0 Å². The Labute approximate surface area is 105 Å². The molecule has 1 aliphatic rings. The second kappa shape index (κ2) is 5.20. The summed E-state index contributed by atoms with van der Waals surface area (Å²) in [5.41, 5.74) is -0.905. The molecule has 6 nitrogen and oxygen atoms in total. The van der Waals surface area contributed by atoms with Gasteiger partial charge in [0, 0.05) is 6.07 Å². The summed E-state index contributed by atoms with van der Waals surface area (Å²) in [7, 11) is 1.51. The van der Waals surface area contributed by atoms with Crippen molar-refractivity contribution >= 4 is 11.8 Å². The van der Waals surface area contributed by atoms with E-state index in [2.05, 4.69) is 15.3 Å². The van der Waals surface area contributed by atoms with E-state index in [0.717, 1.165) is 19.3 Å². The summed E-state index contributed by atoms with van der Waals surface area (Å²) in [6.45, 7) is 0. The molecule has 2 rings (SSSR count). The van der Waals surface area contributed by atoms with Crippen LogP contribution in [0.15, 0.2) is 12.4 Å². The van der Waals surface area contributed by atoms with Crippen molar-refractivity contribution in [2.45, 2.75) is 37.6 Å². The minimum atomic E-state index is -0.905. The summed E-state index contributed by atoms with van der Waals surface area (Å²) in [6.07, 6.45) is 5.52. The fourth-order valence-corrected chi connectivity index (χ4v) is 2.31. The van der Waals surface area contributed by atoms with E-state index in [1.807, 2.05) is 0 Å². The van der Waals surface area contributed by atoms with Gasteiger partial charge in [-0.3, -0.25) is 0 Å². The molecule has 1 aromatic heterocycles. The smallest absolute Gasteiger partial charge is 0.329 e. The predicted molar refractivity (Wildman–Crippen MR) is 65.7 cm³/mol. The number of hydrogen-bond acceptors (Lipinski definition) is 5. The standard InChI is InChI=1S/C12H17N3O3/c1-18-10-7-9(13-8-14-10)15-12(11(16)17)5-3-2-4-6-12/h7-8H,2-6H2,1H3,(H,16,17)(H,13,14,15). The van der Waals surface area contributed by atoms with Crippen LogP contribution in [0.5, 0.6) is 5.88 Å². The Morgan fingerprint density at radius 3 is 2.72 bits per heavy atom. The number of carboxylic acid groups (broad SMARTS) is 1. The van der Waals surface area contributed by atoms with Gasteiger partial charge >= 0.3 is 5.97 Å². The van der Waals surface area contributed by atoms with E-state index < -0.39 is 11.5 Å². The first kappa shape index (κ1) is 12.6. The molecule has 1 heterocycles. The Balaban J connectivity index is 2.20. The minimum Gasteiger partial charge on any atom is -0.481 e. The lowest BCUT2D eigenvalue weighted by Gasteiger charge is -2.34. The summed E-state index contributed by atoms with van der Waals surface area (Å²) in [4.78, 5) is 19.4. The highest BCUT2D eigenvalue weighted by Gasteiger charge is 2.39. The van der Waals surface area contributed by atoms with Crippen LogP contribution in [0, 0.1) is 0 Å². The molecule has 0 amide bonds.